The van der Waals surface area contributed by atoms with Crippen LogP contribution in [0.4, 0.5) is 5.95 Å². The molecule has 3 aromatic heterocycles. The van der Waals surface area contributed by atoms with Crippen LogP contribution in [0, 0.1) is 0 Å². The second kappa shape index (κ2) is 7.27. The Morgan fingerprint density at radius 2 is 2.00 bits per heavy atom. The van der Waals surface area contributed by atoms with Crippen LogP contribution in [0.3, 0.4) is 0 Å². The van der Waals surface area contributed by atoms with Gasteiger partial charge in [0.1, 0.15) is 6.33 Å². The molecule has 3 rings (SSSR count). The van der Waals surface area contributed by atoms with Crippen LogP contribution in [0.1, 0.15) is 10.4 Å². The van der Waals surface area contributed by atoms with Crippen molar-refractivity contribution >= 4 is 11.9 Å². The van der Waals surface area contributed by atoms with Gasteiger partial charge in [-0.3, -0.25) is 9.78 Å². The number of rotatable bonds is 6. The summed E-state index contributed by atoms with van der Waals surface area (Å²) in [6.45, 7) is 0.975. The molecule has 0 bridgehead atoms. The Labute approximate surface area is 138 Å². The highest BCUT2D eigenvalue weighted by molar-refractivity contribution is 5.93. The Hall–Kier alpha value is -3.36. The molecule has 0 saturated carbocycles. The Balaban J connectivity index is 1.51. The zero-order chi connectivity index (χ0) is 16.8. The van der Waals surface area contributed by atoms with Crippen molar-refractivity contribution in [3.8, 4) is 11.4 Å². The van der Waals surface area contributed by atoms with Crippen molar-refractivity contribution in [1.29, 1.82) is 0 Å². The molecular formula is C15H16N8O. The second-order valence-electron chi connectivity index (χ2n) is 4.93. The predicted molar refractivity (Wildman–Crippen MR) is 87.1 cm³/mol. The van der Waals surface area contributed by atoms with Crippen LogP contribution in [0.2, 0.25) is 0 Å². The van der Waals surface area contributed by atoms with E-state index in [-0.39, 0.29) is 5.91 Å². The maximum atomic E-state index is 12.1. The van der Waals surface area contributed by atoms with Gasteiger partial charge in [-0.05, 0) is 12.1 Å². The first-order valence-corrected chi connectivity index (χ1v) is 7.32. The van der Waals surface area contributed by atoms with Gasteiger partial charge in [-0.2, -0.15) is 10.1 Å². The van der Waals surface area contributed by atoms with Crippen molar-refractivity contribution in [2.45, 2.75) is 0 Å². The maximum absolute atomic E-state index is 12.1. The van der Waals surface area contributed by atoms with E-state index in [1.165, 1.54) is 18.7 Å². The van der Waals surface area contributed by atoms with E-state index >= 15 is 0 Å². The van der Waals surface area contributed by atoms with Gasteiger partial charge in [-0.1, -0.05) is 0 Å². The summed E-state index contributed by atoms with van der Waals surface area (Å²) in [6.07, 6.45) is 7.82. The van der Waals surface area contributed by atoms with Crippen molar-refractivity contribution in [1.82, 2.24) is 35.0 Å². The third-order valence-corrected chi connectivity index (χ3v) is 3.24. The molecule has 0 fully saturated rings. The van der Waals surface area contributed by atoms with E-state index in [0.29, 0.717) is 30.4 Å². The molecule has 0 aliphatic carbocycles. The first-order chi connectivity index (χ1) is 11.7. The summed E-state index contributed by atoms with van der Waals surface area (Å²) in [5, 5.41) is 9.80. The number of pyridine rings is 1. The smallest absolute Gasteiger partial charge is 0.254 e. The minimum absolute atomic E-state index is 0.229. The average Bonchev–Trinajstić information content (AvgIpc) is 3.04. The molecule has 2 N–H and O–H groups in total. The van der Waals surface area contributed by atoms with Crippen LogP contribution < -0.4 is 10.6 Å². The summed E-state index contributed by atoms with van der Waals surface area (Å²) in [6, 6.07) is 3.67. The van der Waals surface area contributed by atoms with E-state index in [2.05, 4.69) is 35.7 Å². The number of carbonyl (C=O) groups excluding carboxylic acids is 1. The highest BCUT2D eigenvalue weighted by Gasteiger charge is 2.08. The largest absolute Gasteiger partial charge is 0.353 e. The lowest BCUT2D eigenvalue weighted by Gasteiger charge is -2.07. The molecular weight excluding hydrogens is 308 g/mol. The summed E-state index contributed by atoms with van der Waals surface area (Å²) >= 11 is 0. The zero-order valence-electron chi connectivity index (χ0n) is 13.0. The number of carbonyl (C=O) groups is 1. The molecule has 0 spiro atoms. The van der Waals surface area contributed by atoms with Gasteiger partial charge in [0.15, 0.2) is 5.82 Å². The van der Waals surface area contributed by atoms with E-state index in [1.807, 2.05) is 12.1 Å². The van der Waals surface area contributed by atoms with Crippen molar-refractivity contribution in [2.24, 2.45) is 7.05 Å². The molecule has 1 amide bonds. The van der Waals surface area contributed by atoms with Crippen molar-refractivity contribution in [2.75, 3.05) is 18.4 Å². The van der Waals surface area contributed by atoms with Crippen molar-refractivity contribution in [3.05, 3.63) is 48.8 Å². The molecule has 0 atom stereocenters. The van der Waals surface area contributed by atoms with Crippen LogP contribution in [0.15, 0.2) is 43.2 Å². The zero-order valence-corrected chi connectivity index (χ0v) is 13.0. The number of hydrogen-bond donors (Lipinski definition) is 2. The van der Waals surface area contributed by atoms with Crippen molar-refractivity contribution < 1.29 is 4.79 Å². The number of anilines is 1. The first kappa shape index (κ1) is 15.5. The number of aromatic nitrogens is 6. The van der Waals surface area contributed by atoms with Crippen LogP contribution >= 0.6 is 0 Å². The summed E-state index contributed by atoms with van der Waals surface area (Å²) in [5.41, 5.74) is 1.21. The predicted octanol–water partition coefficient (Wildman–Crippen LogP) is 0.509. The Bertz CT molecular complexity index is 800. The fraction of sp³-hybridized carbons (Fsp3) is 0.200. The molecule has 0 aliphatic rings. The van der Waals surface area contributed by atoms with Gasteiger partial charge >= 0.3 is 0 Å². The van der Waals surface area contributed by atoms with Gasteiger partial charge in [-0.15, -0.1) is 0 Å². The minimum Gasteiger partial charge on any atom is -0.353 e. The van der Waals surface area contributed by atoms with Crippen LogP contribution in [0.5, 0.6) is 0 Å². The Kier molecular flexibility index (Phi) is 4.70. The van der Waals surface area contributed by atoms with Crippen molar-refractivity contribution in [3.63, 3.8) is 0 Å². The lowest BCUT2D eigenvalue weighted by atomic mass is 10.2. The van der Waals surface area contributed by atoms with Gasteiger partial charge in [0.2, 0.25) is 5.95 Å². The second-order valence-corrected chi connectivity index (χ2v) is 4.93. The molecule has 3 aromatic rings. The first-order valence-electron chi connectivity index (χ1n) is 7.32. The summed E-state index contributed by atoms with van der Waals surface area (Å²) in [4.78, 5) is 28.5. The quantitative estimate of drug-likeness (QED) is 0.635. The molecule has 0 aliphatic heterocycles. The molecule has 0 unspecified atom stereocenters. The fourth-order valence-corrected chi connectivity index (χ4v) is 2.00. The average molecular weight is 324 g/mol. The topological polar surface area (TPSA) is 111 Å². The van der Waals surface area contributed by atoms with E-state index < -0.39 is 0 Å². The molecule has 0 aromatic carbocycles. The molecule has 3 heterocycles. The molecule has 24 heavy (non-hydrogen) atoms. The number of nitrogens with zero attached hydrogens (tertiary/aromatic N) is 6. The minimum atomic E-state index is -0.229. The van der Waals surface area contributed by atoms with Gasteiger partial charge in [0, 0.05) is 50.5 Å². The maximum Gasteiger partial charge on any atom is 0.254 e. The molecule has 0 radical (unpaired) electrons. The van der Waals surface area contributed by atoms with Crippen LogP contribution in [0.25, 0.3) is 11.4 Å². The SMILES string of the molecule is Cn1ncnc1NCCNC(=O)c1cnc(-c2cccnc2)nc1. The van der Waals surface area contributed by atoms with E-state index in [4.69, 9.17) is 0 Å². The van der Waals surface area contributed by atoms with E-state index in [0.717, 1.165) is 5.56 Å². The Morgan fingerprint density at radius 1 is 1.17 bits per heavy atom. The highest BCUT2D eigenvalue weighted by Crippen LogP contribution is 2.11. The molecule has 122 valence electrons. The third kappa shape index (κ3) is 3.69. The third-order valence-electron chi connectivity index (χ3n) is 3.24. The molecule has 0 saturated heterocycles. The lowest BCUT2D eigenvalue weighted by molar-refractivity contribution is 0.0954. The monoisotopic (exact) mass is 324 g/mol. The van der Waals surface area contributed by atoms with E-state index in [1.54, 1.807) is 24.1 Å². The van der Waals surface area contributed by atoms with Gasteiger partial charge < -0.3 is 10.6 Å². The number of aryl methyl sites for hydroxylation is 1. The normalized spacial score (nSPS) is 10.4. The van der Waals surface area contributed by atoms with Gasteiger partial charge in [0.25, 0.3) is 5.91 Å². The van der Waals surface area contributed by atoms with Crippen LogP contribution in [-0.2, 0) is 7.05 Å². The van der Waals surface area contributed by atoms with Gasteiger partial charge in [-0.25, -0.2) is 14.6 Å². The summed E-state index contributed by atoms with van der Waals surface area (Å²) in [7, 11) is 1.79. The van der Waals surface area contributed by atoms with Crippen LogP contribution in [-0.4, -0.2) is 48.7 Å². The molecule has 9 heteroatoms. The van der Waals surface area contributed by atoms with Gasteiger partial charge in [0.05, 0.1) is 5.56 Å². The number of hydrogen-bond acceptors (Lipinski definition) is 7. The lowest BCUT2D eigenvalue weighted by Crippen LogP contribution is -2.29. The highest BCUT2D eigenvalue weighted by atomic mass is 16.1. The van der Waals surface area contributed by atoms with E-state index in [9.17, 15) is 4.79 Å². The molecule has 9 nitrogen and oxygen atoms in total. The Morgan fingerprint density at radius 3 is 2.67 bits per heavy atom. The summed E-state index contributed by atoms with van der Waals surface area (Å²) in [5.74, 6) is 0.949. The standard InChI is InChI=1S/C15H16N8O/c1-23-15(21-10-22-23)18-6-5-17-14(24)12-8-19-13(20-9-12)11-3-2-4-16-7-11/h2-4,7-10H,5-6H2,1H3,(H,17,24)(H,18,21,22). The number of amides is 1. The fourth-order valence-electron chi connectivity index (χ4n) is 2.00. The number of nitrogens with one attached hydrogen (secondary N) is 2. The summed E-state index contributed by atoms with van der Waals surface area (Å²) < 4.78 is 1.62.